The zero-order chi connectivity index (χ0) is 8.69. The fraction of sp³-hybridized carbons (Fsp3) is 1.00. The SMILES string of the molecule is CCC(C)CCNCC(F)F. The predicted octanol–water partition coefficient (Wildman–Crippen LogP) is 2.28. The van der Waals surface area contributed by atoms with Crippen LogP contribution in [0.5, 0.6) is 0 Å². The van der Waals surface area contributed by atoms with Gasteiger partial charge in [0.15, 0.2) is 0 Å². The molecule has 3 heteroatoms. The molecule has 0 saturated carbocycles. The second-order valence-electron chi connectivity index (χ2n) is 2.90. The van der Waals surface area contributed by atoms with Crippen molar-refractivity contribution in [3.05, 3.63) is 0 Å². The first kappa shape index (κ1) is 10.8. The molecule has 0 fully saturated rings. The van der Waals surface area contributed by atoms with E-state index < -0.39 is 6.43 Å². The van der Waals surface area contributed by atoms with Gasteiger partial charge >= 0.3 is 0 Å². The van der Waals surface area contributed by atoms with Crippen LogP contribution < -0.4 is 5.32 Å². The Morgan fingerprint density at radius 2 is 2.00 bits per heavy atom. The molecule has 68 valence electrons. The van der Waals surface area contributed by atoms with Crippen molar-refractivity contribution in [2.75, 3.05) is 13.1 Å². The predicted molar refractivity (Wildman–Crippen MR) is 42.9 cm³/mol. The maximum absolute atomic E-state index is 11.6. The molecule has 0 aromatic rings. The van der Waals surface area contributed by atoms with E-state index >= 15 is 0 Å². The Labute approximate surface area is 67.2 Å². The van der Waals surface area contributed by atoms with Gasteiger partial charge < -0.3 is 5.32 Å². The highest BCUT2D eigenvalue weighted by molar-refractivity contribution is 4.54. The molecule has 1 N–H and O–H groups in total. The van der Waals surface area contributed by atoms with E-state index in [2.05, 4.69) is 19.2 Å². The van der Waals surface area contributed by atoms with Gasteiger partial charge in [0.25, 0.3) is 6.43 Å². The minimum atomic E-state index is -2.22. The van der Waals surface area contributed by atoms with Crippen molar-refractivity contribution in [1.29, 1.82) is 0 Å². The summed E-state index contributed by atoms with van der Waals surface area (Å²) in [4.78, 5) is 0. The molecule has 1 atom stereocenters. The molecular formula is C8H17F2N. The Hall–Kier alpha value is -0.180. The van der Waals surface area contributed by atoms with Gasteiger partial charge in [0.05, 0.1) is 6.54 Å². The third kappa shape index (κ3) is 7.72. The lowest BCUT2D eigenvalue weighted by molar-refractivity contribution is 0.145. The van der Waals surface area contributed by atoms with Crippen molar-refractivity contribution in [3.63, 3.8) is 0 Å². The van der Waals surface area contributed by atoms with Crippen molar-refractivity contribution >= 4 is 0 Å². The Morgan fingerprint density at radius 1 is 1.36 bits per heavy atom. The van der Waals surface area contributed by atoms with Gasteiger partial charge in [-0.25, -0.2) is 8.78 Å². The normalized spacial score (nSPS) is 13.9. The van der Waals surface area contributed by atoms with Gasteiger partial charge in [0.1, 0.15) is 0 Å². The van der Waals surface area contributed by atoms with E-state index in [1.165, 1.54) is 0 Å². The number of hydrogen-bond acceptors (Lipinski definition) is 1. The summed E-state index contributed by atoms with van der Waals surface area (Å²) in [6.45, 7) is 4.78. The van der Waals surface area contributed by atoms with Gasteiger partial charge in [0.2, 0.25) is 0 Å². The lowest BCUT2D eigenvalue weighted by atomic mass is 10.1. The van der Waals surface area contributed by atoms with E-state index in [0.717, 1.165) is 12.8 Å². The standard InChI is InChI=1S/C8H17F2N/c1-3-7(2)4-5-11-6-8(9)10/h7-8,11H,3-6H2,1-2H3. The van der Waals surface area contributed by atoms with Gasteiger partial charge in [-0.3, -0.25) is 0 Å². The highest BCUT2D eigenvalue weighted by Crippen LogP contribution is 2.04. The van der Waals surface area contributed by atoms with Crippen LogP contribution in [0.25, 0.3) is 0 Å². The molecule has 1 nitrogen and oxygen atoms in total. The molecule has 1 unspecified atom stereocenters. The summed E-state index contributed by atoms with van der Waals surface area (Å²) in [7, 11) is 0. The quantitative estimate of drug-likeness (QED) is 0.595. The molecule has 0 saturated heterocycles. The fourth-order valence-corrected chi connectivity index (χ4v) is 0.764. The van der Waals surface area contributed by atoms with Crippen LogP contribution >= 0.6 is 0 Å². The molecule has 0 aliphatic rings. The zero-order valence-corrected chi connectivity index (χ0v) is 7.24. The fourth-order valence-electron chi connectivity index (χ4n) is 0.764. The molecule has 0 aliphatic heterocycles. The highest BCUT2D eigenvalue weighted by atomic mass is 19.3. The number of hydrogen-bond donors (Lipinski definition) is 1. The van der Waals surface area contributed by atoms with Gasteiger partial charge in [-0.2, -0.15) is 0 Å². The smallest absolute Gasteiger partial charge is 0.250 e. The molecule has 0 radical (unpaired) electrons. The topological polar surface area (TPSA) is 12.0 Å². The summed E-state index contributed by atoms with van der Waals surface area (Å²) in [5.41, 5.74) is 0. The minimum Gasteiger partial charge on any atom is -0.311 e. The largest absolute Gasteiger partial charge is 0.311 e. The number of rotatable bonds is 6. The van der Waals surface area contributed by atoms with Crippen LogP contribution in [-0.2, 0) is 0 Å². The van der Waals surface area contributed by atoms with E-state index in [1.807, 2.05) is 0 Å². The van der Waals surface area contributed by atoms with Crippen molar-refractivity contribution < 1.29 is 8.78 Å². The van der Waals surface area contributed by atoms with E-state index in [-0.39, 0.29) is 6.54 Å². The van der Waals surface area contributed by atoms with Crippen LogP contribution in [0.3, 0.4) is 0 Å². The third-order valence-electron chi connectivity index (χ3n) is 1.81. The van der Waals surface area contributed by atoms with Crippen molar-refractivity contribution in [3.8, 4) is 0 Å². The average Bonchev–Trinajstić information content (AvgIpc) is 1.97. The molecule has 0 spiro atoms. The minimum absolute atomic E-state index is 0.170. The first-order valence-electron chi connectivity index (χ1n) is 4.15. The number of nitrogens with one attached hydrogen (secondary N) is 1. The molecule has 0 bridgehead atoms. The van der Waals surface area contributed by atoms with Gasteiger partial charge in [-0.1, -0.05) is 20.3 Å². The number of halogens is 2. The summed E-state index contributed by atoms with van der Waals surface area (Å²) in [6, 6.07) is 0. The second kappa shape index (κ2) is 6.53. The van der Waals surface area contributed by atoms with Gasteiger partial charge in [0, 0.05) is 0 Å². The summed E-state index contributed by atoms with van der Waals surface area (Å²) in [5, 5.41) is 2.70. The lowest BCUT2D eigenvalue weighted by Gasteiger charge is -2.08. The maximum atomic E-state index is 11.6. The lowest BCUT2D eigenvalue weighted by Crippen LogP contribution is -2.23. The van der Waals surface area contributed by atoms with Crippen LogP contribution in [0.15, 0.2) is 0 Å². The average molecular weight is 165 g/mol. The molecule has 0 amide bonds. The summed E-state index contributed by atoms with van der Waals surface area (Å²) in [6.07, 6.45) is -0.105. The molecule has 11 heavy (non-hydrogen) atoms. The van der Waals surface area contributed by atoms with Crippen LogP contribution in [0, 0.1) is 5.92 Å². The summed E-state index contributed by atoms with van der Waals surface area (Å²) in [5.74, 6) is 0.639. The van der Waals surface area contributed by atoms with Crippen molar-refractivity contribution in [2.45, 2.75) is 33.1 Å². The van der Waals surface area contributed by atoms with E-state index in [4.69, 9.17) is 0 Å². The van der Waals surface area contributed by atoms with Crippen molar-refractivity contribution in [2.24, 2.45) is 5.92 Å². The van der Waals surface area contributed by atoms with Crippen LogP contribution in [0.2, 0.25) is 0 Å². The first-order chi connectivity index (χ1) is 5.16. The van der Waals surface area contributed by atoms with E-state index in [9.17, 15) is 8.78 Å². The summed E-state index contributed by atoms with van der Waals surface area (Å²) >= 11 is 0. The Balaban J connectivity index is 3.01. The Kier molecular flexibility index (Phi) is 6.42. The van der Waals surface area contributed by atoms with E-state index in [0.29, 0.717) is 12.5 Å². The van der Waals surface area contributed by atoms with Crippen molar-refractivity contribution in [1.82, 2.24) is 5.32 Å². The van der Waals surface area contributed by atoms with Crippen LogP contribution in [0.4, 0.5) is 8.78 Å². The van der Waals surface area contributed by atoms with Gasteiger partial charge in [-0.05, 0) is 18.9 Å². The monoisotopic (exact) mass is 165 g/mol. The molecule has 0 heterocycles. The molecule has 0 aliphatic carbocycles. The molecule has 0 aromatic heterocycles. The van der Waals surface area contributed by atoms with E-state index in [1.54, 1.807) is 0 Å². The molecular weight excluding hydrogens is 148 g/mol. The van der Waals surface area contributed by atoms with Gasteiger partial charge in [-0.15, -0.1) is 0 Å². The second-order valence-corrected chi connectivity index (χ2v) is 2.90. The first-order valence-corrected chi connectivity index (χ1v) is 4.15. The number of alkyl halides is 2. The maximum Gasteiger partial charge on any atom is 0.250 e. The van der Waals surface area contributed by atoms with Crippen LogP contribution in [-0.4, -0.2) is 19.5 Å². The zero-order valence-electron chi connectivity index (χ0n) is 7.24. The van der Waals surface area contributed by atoms with Crippen LogP contribution in [0.1, 0.15) is 26.7 Å². The third-order valence-corrected chi connectivity index (χ3v) is 1.81. The molecule has 0 rings (SSSR count). The Morgan fingerprint density at radius 3 is 2.45 bits per heavy atom. The highest BCUT2D eigenvalue weighted by Gasteiger charge is 2.01. The Bertz CT molecular complexity index is 86.2. The summed E-state index contributed by atoms with van der Waals surface area (Å²) < 4.78 is 23.2. The molecule has 0 aromatic carbocycles.